The molecule has 2 aliphatic rings. The number of carboxylic acid groups (broad SMARTS) is 1. The van der Waals surface area contributed by atoms with Gasteiger partial charge in [0.15, 0.2) is 0 Å². The predicted molar refractivity (Wildman–Crippen MR) is 104 cm³/mol. The van der Waals surface area contributed by atoms with Crippen molar-refractivity contribution in [2.24, 2.45) is 0 Å². The fourth-order valence-corrected chi connectivity index (χ4v) is 3.99. The summed E-state index contributed by atoms with van der Waals surface area (Å²) >= 11 is 0. The van der Waals surface area contributed by atoms with Crippen molar-refractivity contribution in [2.75, 3.05) is 37.6 Å². The molecule has 2 aromatic rings. The Hall–Kier alpha value is -2.60. The zero-order valence-electron chi connectivity index (χ0n) is 15.6. The maximum Gasteiger partial charge on any atom is 0.339 e. The van der Waals surface area contributed by atoms with E-state index in [0.717, 1.165) is 69.0 Å². The minimum absolute atomic E-state index is 0.345. The van der Waals surface area contributed by atoms with Gasteiger partial charge in [-0.2, -0.15) is 0 Å². The average molecular weight is 367 g/mol. The molecule has 0 spiro atoms. The Morgan fingerprint density at radius 3 is 2.81 bits per heavy atom. The van der Waals surface area contributed by atoms with Crippen LogP contribution in [0.3, 0.4) is 0 Å². The monoisotopic (exact) mass is 367 g/mol. The van der Waals surface area contributed by atoms with Crippen LogP contribution in [-0.2, 0) is 12.8 Å². The molecule has 1 saturated heterocycles. The molecule has 1 aliphatic heterocycles. The van der Waals surface area contributed by atoms with Crippen molar-refractivity contribution in [3.63, 3.8) is 0 Å². The number of carbonyl (C=O) groups is 1. The van der Waals surface area contributed by atoms with Crippen LogP contribution >= 0.6 is 0 Å². The van der Waals surface area contributed by atoms with Crippen molar-refractivity contribution in [3.8, 4) is 0 Å². The van der Waals surface area contributed by atoms with Gasteiger partial charge in [-0.05, 0) is 56.0 Å². The Morgan fingerprint density at radius 2 is 2.11 bits per heavy atom. The fourth-order valence-electron chi connectivity index (χ4n) is 3.99. The van der Waals surface area contributed by atoms with Crippen molar-refractivity contribution in [1.29, 1.82) is 0 Å². The molecule has 2 aromatic heterocycles. The maximum absolute atomic E-state index is 11.7. The van der Waals surface area contributed by atoms with Crippen LogP contribution in [0.25, 0.3) is 6.08 Å². The molecule has 0 amide bonds. The smallest absolute Gasteiger partial charge is 0.339 e. The second kappa shape index (κ2) is 7.56. The highest BCUT2D eigenvalue weighted by molar-refractivity contribution is 5.93. The van der Waals surface area contributed by atoms with Crippen LogP contribution in [0.1, 0.15) is 40.7 Å². The van der Waals surface area contributed by atoms with E-state index in [9.17, 15) is 9.90 Å². The van der Waals surface area contributed by atoms with Crippen LogP contribution < -0.4 is 4.90 Å². The number of piperazine rings is 1. The lowest BCUT2D eigenvalue weighted by Crippen LogP contribution is -2.47. The number of aromatic nitrogens is 1. The largest absolute Gasteiger partial charge is 0.478 e. The van der Waals surface area contributed by atoms with Crippen LogP contribution in [-0.4, -0.2) is 53.7 Å². The fraction of sp³-hybridized carbons (Fsp3) is 0.429. The Labute approximate surface area is 159 Å². The number of hydrogen-bond acceptors (Lipinski definition) is 5. The highest BCUT2D eigenvalue weighted by Gasteiger charge is 2.26. The van der Waals surface area contributed by atoms with Gasteiger partial charge in [0.25, 0.3) is 0 Å². The van der Waals surface area contributed by atoms with Crippen LogP contribution in [0.5, 0.6) is 0 Å². The Morgan fingerprint density at radius 1 is 1.30 bits per heavy atom. The van der Waals surface area contributed by atoms with Crippen molar-refractivity contribution < 1.29 is 14.3 Å². The summed E-state index contributed by atoms with van der Waals surface area (Å²) < 4.78 is 5.37. The number of nitrogens with zero attached hydrogens (tertiary/aromatic N) is 3. The zero-order valence-corrected chi connectivity index (χ0v) is 15.6. The maximum atomic E-state index is 11.7. The summed E-state index contributed by atoms with van der Waals surface area (Å²) in [5.41, 5.74) is 3.78. The molecule has 0 atom stereocenters. The van der Waals surface area contributed by atoms with Crippen molar-refractivity contribution >= 4 is 17.9 Å². The number of aryl methyl sites for hydroxylation is 2. The van der Waals surface area contributed by atoms with E-state index in [0.29, 0.717) is 11.4 Å². The molecule has 27 heavy (non-hydrogen) atoms. The third-order valence-corrected chi connectivity index (χ3v) is 5.34. The van der Waals surface area contributed by atoms with E-state index >= 15 is 0 Å². The number of carboxylic acids is 1. The van der Waals surface area contributed by atoms with Crippen molar-refractivity contribution in [1.82, 2.24) is 9.88 Å². The van der Waals surface area contributed by atoms with Gasteiger partial charge in [-0.25, -0.2) is 9.78 Å². The second-order valence-corrected chi connectivity index (χ2v) is 7.39. The van der Waals surface area contributed by atoms with E-state index < -0.39 is 5.97 Å². The van der Waals surface area contributed by atoms with Gasteiger partial charge in [-0.3, -0.25) is 4.90 Å². The van der Waals surface area contributed by atoms with Gasteiger partial charge < -0.3 is 14.4 Å². The summed E-state index contributed by atoms with van der Waals surface area (Å²) in [7, 11) is 0. The van der Waals surface area contributed by atoms with Gasteiger partial charge in [-0.15, -0.1) is 0 Å². The average Bonchev–Trinajstić information content (AvgIpc) is 3.32. The predicted octanol–water partition coefficient (Wildman–Crippen LogP) is 3.09. The summed E-state index contributed by atoms with van der Waals surface area (Å²) in [6.07, 6.45) is 6.72. The van der Waals surface area contributed by atoms with Crippen LogP contribution in [0.2, 0.25) is 0 Å². The van der Waals surface area contributed by atoms with Gasteiger partial charge >= 0.3 is 5.97 Å². The minimum atomic E-state index is -0.883. The normalized spacial score (nSPS) is 18.0. The molecule has 6 nitrogen and oxygen atoms in total. The van der Waals surface area contributed by atoms with E-state index in [1.54, 1.807) is 6.26 Å². The van der Waals surface area contributed by atoms with Crippen molar-refractivity contribution in [3.05, 3.63) is 52.6 Å². The standard InChI is InChI=1S/C21H25N3O3/c1-15(12-17-5-3-11-27-17)14-23-7-9-24(10-8-23)20-18(21(25)26)13-16-4-2-6-19(16)22-20/h3,5,11-13H,2,4,6-10,14H2,1H3,(H,25,26). The first-order chi connectivity index (χ1) is 13.1. The number of rotatable bonds is 5. The SMILES string of the molecule is CC(=Cc1ccco1)CN1CCN(c2nc3c(cc2C(=O)O)CCC3)CC1. The van der Waals surface area contributed by atoms with Gasteiger partial charge in [0.05, 0.1) is 6.26 Å². The van der Waals surface area contributed by atoms with Crippen LogP contribution in [0, 0.1) is 0 Å². The van der Waals surface area contributed by atoms with E-state index in [-0.39, 0.29) is 0 Å². The minimum Gasteiger partial charge on any atom is -0.478 e. The summed E-state index contributed by atoms with van der Waals surface area (Å²) in [6.45, 7) is 6.36. The molecule has 6 heteroatoms. The van der Waals surface area contributed by atoms with Gasteiger partial charge in [0, 0.05) is 38.4 Å². The molecular weight excluding hydrogens is 342 g/mol. The second-order valence-electron chi connectivity index (χ2n) is 7.39. The number of pyridine rings is 1. The summed E-state index contributed by atoms with van der Waals surface area (Å²) in [5, 5.41) is 9.63. The van der Waals surface area contributed by atoms with E-state index in [1.165, 1.54) is 5.57 Å². The summed E-state index contributed by atoms with van der Waals surface area (Å²) in [5.74, 6) is 0.636. The Balaban J connectivity index is 1.43. The van der Waals surface area contributed by atoms with Gasteiger partial charge in [0.2, 0.25) is 0 Å². The summed E-state index contributed by atoms with van der Waals surface area (Å²) in [4.78, 5) is 21.0. The molecule has 0 radical (unpaired) electrons. The summed E-state index contributed by atoms with van der Waals surface area (Å²) in [6, 6.07) is 5.69. The number of fused-ring (bicyclic) bond motifs is 1. The third kappa shape index (κ3) is 3.90. The molecule has 1 fully saturated rings. The Bertz CT molecular complexity index is 850. The Kier molecular flexibility index (Phi) is 4.99. The van der Waals surface area contributed by atoms with E-state index in [1.807, 2.05) is 18.2 Å². The zero-order chi connectivity index (χ0) is 18.8. The van der Waals surface area contributed by atoms with E-state index in [2.05, 4.69) is 22.8 Å². The lowest BCUT2D eigenvalue weighted by molar-refractivity contribution is 0.0697. The molecule has 0 saturated carbocycles. The quantitative estimate of drug-likeness (QED) is 0.876. The molecule has 4 rings (SSSR count). The van der Waals surface area contributed by atoms with Crippen LogP contribution in [0.4, 0.5) is 5.82 Å². The third-order valence-electron chi connectivity index (χ3n) is 5.34. The lowest BCUT2D eigenvalue weighted by Gasteiger charge is -2.36. The molecule has 0 bridgehead atoms. The lowest BCUT2D eigenvalue weighted by atomic mass is 10.1. The number of aromatic carboxylic acids is 1. The number of hydrogen-bond donors (Lipinski definition) is 1. The molecule has 0 aromatic carbocycles. The molecular formula is C21H25N3O3. The first-order valence-corrected chi connectivity index (χ1v) is 9.54. The van der Waals surface area contributed by atoms with E-state index in [4.69, 9.17) is 9.40 Å². The molecule has 1 aliphatic carbocycles. The first kappa shape index (κ1) is 17.8. The molecule has 142 valence electrons. The molecule has 3 heterocycles. The van der Waals surface area contributed by atoms with Crippen molar-refractivity contribution in [2.45, 2.75) is 26.2 Å². The highest BCUT2D eigenvalue weighted by atomic mass is 16.4. The van der Waals surface area contributed by atoms with Gasteiger partial charge in [-0.1, -0.05) is 5.57 Å². The van der Waals surface area contributed by atoms with Gasteiger partial charge in [0.1, 0.15) is 17.1 Å². The first-order valence-electron chi connectivity index (χ1n) is 9.54. The topological polar surface area (TPSA) is 69.8 Å². The molecule has 1 N–H and O–H groups in total. The van der Waals surface area contributed by atoms with Crippen LogP contribution in [0.15, 0.2) is 34.5 Å². The number of anilines is 1. The number of furan rings is 1. The molecule has 0 unspecified atom stereocenters. The highest BCUT2D eigenvalue weighted by Crippen LogP contribution is 2.28.